The van der Waals surface area contributed by atoms with Gasteiger partial charge < -0.3 is 5.32 Å². The van der Waals surface area contributed by atoms with Crippen LogP contribution in [0.3, 0.4) is 0 Å². The van der Waals surface area contributed by atoms with Crippen LogP contribution in [0.5, 0.6) is 0 Å². The van der Waals surface area contributed by atoms with Crippen molar-refractivity contribution < 1.29 is 4.79 Å². The van der Waals surface area contributed by atoms with Gasteiger partial charge in [-0.05, 0) is 37.3 Å². The van der Waals surface area contributed by atoms with E-state index in [1.807, 2.05) is 6.07 Å². The number of carbonyl (C=O) groups excluding carboxylic acids is 1. The highest BCUT2D eigenvalue weighted by Crippen LogP contribution is 2.29. The summed E-state index contributed by atoms with van der Waals surface area (Å²) in [5, 5.41) is 3.02. The number of thiophene rings is 1. The Balaban J connectivity index is 2.13. The first-order valence-electron chi connectivity index (χ1n) is 5.49. The van der Waals surface area contributed by atoms with Crippen molar-refractivity contribution in [3.05, 3.63) is 21.4 Å². The van der Waals surface area contributed by atoms with Crippen LogP contribution in [0.1, 0.15) is 52.7 Å². The smallest absolute Gasteiger partial charge is 0.261 e. The van der Waals surface area contributed by atoms with Crippen LogP contribution in [0.2, 0.25) is 0 Å². The van der Waals surface area contributed by atoms with Crippen LogP contribution in [0, 0.1) is 6.92 Å². The minimum atomic E-state index is 0.109. The van der Waals surface area contributed by atoms with Crippen molar-refractivity contribution in [3.8, 4) is 0 Å². The molecule has 0 spiro atoms. The highest BCUT2D eigenvalue weighted by Gasteiger charge is 2.25. The summed E-state index contributed by atoms with van der Waals surface area (Å²) in [6, 6.07) is 2.46. The average Bonchev–Trinajstić information content (AvgIpc) is 2.86. The maximum atomic E-state index is 11.8. The third kappa shape index (κ3) is 2.40. The Kier molecular flexibility index (Phi) is 2.83. The minimum Gasteiger partial charge on any atom is -0.349 e. The van der Waals surface area contributed by atoms with E-state index in [1.165, 1.54) is 10.4 Å². The standard InChI is InChI=1S/C12H17NOS/c1-7(2)11-8(3)6-10(15-11)12(14)13-9-4-5-9/h6-7,9H,4-5H2,1-3H3,(H,13,14). The minimum absolute atomic E-state index is 0.109. The second-order valence-corrected chi connectivity index (χ2v) is 5.64. The van der Waals surface area contributed by atoms with Crippen molar-refractivity contribution in [2.45, 2.75) is 45.6 Å². The first-order chi connectivity index (χ1) is 7.08. The van der Waals surface area contributed by atoms with E-state index < -0.39 is 0 Å². The molecule has 0 unspecified atom stereocenters. The number of rotatable bonds is 3. The van der Waals surface area contributed by atoms with Gasteiger partial charge in [0, 0.05) is 10.9 Å². The molecule has 3 heteroatoms. The third-order valence-corrected chi connectivity index (χ3v) is 4.15. The zero-order chi connectivity index (χ0) is 11.0. The molecular weight excluding hydrogens is 206 g/mol. The fraction of sp³-hybridized carbons (Fsp3) is 0.583. The maximum absolute atomic E-state index is 11.8. The molecule has 1 aliphatic carbocycles. The number of carbonyl (C=O) groups is 1. The lowest BCUT2D eigenvalue weighted by atomic mass is 10.1. The number of aryl methyl sites for hydroxylation is 1. The molecule has 1 aromatic heterocycles. The Hall–Kier alpha value is -0.830. The molecule has 2 nitrogen and oxygen atoms in total. The highest BCUT2D eigenvalue weighted by molar-refractivity contribution is 7.14. The lowest BCUT2D eigenvalue weighted by Gasteiger charge is -2.01. The molecule has 1 saturated carbocycles. The fourth-order valence-electron chi connectivity index (χ4n) is 1.67. The van der Waals surface area contributed by atoms with Gasteiger partial charge >= 0.3 is 0 Å². The molecule has 1 amide bonds. The normalized spacial score (nSPS) is 15.7. The SMILES string of the molecule is Cc1cc(C(=O)NC2CC2)sc1C(C)C. The van der Waals surface area contributed by atoms with E-state index in [0.29, 0.717) is 12.0 Å². The summed E-state index contributed by atoms with van der Waals surface area (Å²) in [5.74, 6) is 0.620. The van der Waals surface area contributed by atoms with E-state index in [2.05, 4.69) is 26.1 Å². The summed E-state index contributed by atoms with van der Waals surface area (Å²) >= 11 is 1.63. The van der Waals surface area contributed by atoms with Crippen LogP contribution in [-0.4, -0.2) is 11.9 Å². The molecular formula is C12H17NOS. The summed E-state index contributed by atoms with van der Waals surface area (Å²) in [6.07, 6.45) is 2.29. The summed E-state index contributed by atoms with van der Waals surface area (Å²) in [7, 11) is 0. The molecule has 1 aliphatic rings. The van der Waals surface area contributed by atoms with Crippen molar-refractivity contribution in [2.24, 2.45) is 0 Å². The van der Waals surface area contributed by atoms with Gasteiger partial charge in [-0.2, -0.15) is 0 Å². The Bertz CT molecular complexity index is 377. The van der Waals surface area contributed by atoms with Gasteiger partial charge in [0.25, 0.3) is 5.91 Å². The van der Waals surface area contributed by atoms with E-state index in [0.717, 1.165) is 17.7 Å². The van der Waals surface area contributed by atoms with Gasteiger partial charge in [0.15, 0.2) is 0 Å². The molecule has 1 aromatic rings. The molecule has 0 aliphatic heterocycles. The van der Waals surface area contributed by atoms with Crippen molar-refractivity contribution in [1.29, 1.82) is 0 Å². The zero-order valence-corrected chi connectivity index (χ0v) is 10.3. The summed E-state index contributed by atoms with van der Waals surface area (Å²) in [4.78, 5) is 14.0. The predicted octanol–water partition coefficient (Wildman–Crippen LogP) is 3.07. The van der Waals surface area contributed by atoms with Gasteiger partial charge in [-0.3, -0.25) is 4.79 Å². The van der Waals surface area contributed by atoms with Crippen LogP contribution >= 0.6 is 11.3 Å². The lowest BCUT2D eigenvalue weighted by Crippen LogP contribution is -2.24. The zero-order valence-electron chi connectivity index (χ0n) is 9.46. The van der Waals surface area contributed by atoms with Gasteiger partial charge in [0.05, 0.1) is 4.88 Å². The topological polar surface area (TPSA) is 29.1 Å². The van der Waals surface area contributed by atoms with Gasteiger partial charge in [0.1, 0.15) is 0 Å². The first kappa shape index (κ1) is 10.7. The van der Waals surface area contributed by atoms with Crippen molar-refractivity contribution >= 4 is 17.2 Å². The van der Waals surface area contributed by atoms with Crippen LogP contribution in [0.25, 0.3) is 0 Å². The molecule has 0 saturated heterocycles. The largest absolute Gasteiger partial charge is 0.349 e. The number of hydrogen-bond donors (Lipinski definition) is 1. The summed E-state index contributed by atoms with van der Waals surface area (Å²) in [6.45, 7) is 6.42. The number of nitrogens with one attached hydrogen (secondary N) is 1. The molecule has 82 valence electrons. The van der Waals surface area contributed by atoms with E-state index in [9.17, 15) is 4.79 Å². The van der Waals surface area contributed by atoms with Crippen molar-refractivity contribution in [2.75, 3.05) is 0 Å². The molecule has 15 heavy (non-hydrogen) atoms. The van der Waals surface area contributed by atoms with Gasteiger partial charge in [-0.15, -0.1) is 11.3 Å². The molecule has 0 bridgehead atoms. The molecule has 1 fully saturated rings. The van der Waals surface area contributed by atoms with E-state index in [1.54, 1.807) is 11.3 Å². The van der Waals surface area contributed by atoms with Gasteiger partial charge in [-0.1, -0.05) is 13.8 Å². The van der Waals surface area contributed by atoms with Crippen LogP contribution in [0.4, 0.5) is 0 Å². The van der Waals surface area contributed by atoms with Crippen LogP contribution in [-0.2, 0) is 0 Å². The number of hydrogen-bond acceptors (Lipinski definition) is 2. The molecule has 1 N–H and O–H groups in total. The Labute approximate surface area is 94.7 Å². The third-order valence-electron chi connectivity index (χ3n) is 2.62. The van der Waals surface area contributed by atoms with Crippen molar-refractivity contribution in [3.63, 3.8) is 0 Å². The Morgan fingerprint density at radius 3 is 2.67 bits per heavy atom. The second kappa shape index (κ2) is 3.97. The maximum Gasteiger partial charge on any atom is 0.261 e. The quantitative estimate of drug-likeness (QED) is 0.838. The molecule has 0 radical (unpaired) electrons. The van der Waals surface area contributed by atoms with Crippen LogP contribution in [0.15, 0.2) is 6.07 Å². The average molecular weight is 223 g/mol. The lowest BCUT2D eigenvalue weighted by molar-refractivity contribution is 0.0955. The fourth-order valence-corrected chi connectivity index (χ4v) is 2.75. The van der Waals surface area contributed by atoms with Gasteiger partial charge in [0.2, 0.25) is 0 Å². The second-order valence-electron chi connectivity index (χ2n) is 4.56. The predicted molar refractivity (Wildman–Crippen MR) is 63.6 cm³/mol. The summed E-state index contributed by atoms with van der Waals surface area (Å²) < 4.78 is 0. The molecule has 1 heterocycles. The van der Waals surface area contributed by atoms with E-state index in [-0.39, 0.29) is 5.91 Å². The molecule has 0 aromatic carbocycles. The molecule has 2 rings (SSSR count). The Morgan fingerprint density at radius 2 is 2.20 bits per heavy atom. The summed E-state index contributed by atoms with van der Waals surface area (Å²) in [5.41, 5.74) is 1.25. The number of amides is 1. The Morgan fingerprint density at radius 1 is 1.53 bits per heavy atom. The van der Waals surface area contributed by atoms with Gasteiger partial charge in [-0.25, -0.2) is 0 Å². The van der Waals surface area contributed by atoms with E-state index >= 15 is 0 Å². The van der Waals surface area contributed by atoms with Crippen LogP contribution < -0.4 is 5.32 Å². The molecule has 0 atom stereocenters. The van der Waals surface area contributed by atoms with Crippen molar-refractivity contribution in [1.82, 2.24) is 5.32 Å². The first-order valence-corrected chi connectivity index (χ1v) is 6.30. The highest BCUT2D eigenvalue weighted by atomic mass is 32.1. The van der Waals surface area contributed by atoms with E-state index in [4.69, 9.17) is 0 Å². The monoisotopic (exact) mass is 223 g/mol.